The van der Waals surface area contributed by atoms with E-state index < -0.39 is 21.1 Å². The van der Waals surface area contributed by atoms with Gasteiger partial charge in [0.2, 0.25) is 0 Å². The summed E-state index contributed by atoms with van der Waals surface area (Å²) >= 11 is -2.02. The Kier molecular flexibility index (Phi) is 3.03. The van der Waals surface area contributed by atoms with E-state index in [1.54, 1.807) is 0 Å². The van der Waals surface area contributed by atoms with E-state index in [-0.39, 0.29) is 0 Å². The molecule has 0 aromatic heterocycles. The Hall–Kier alpha value is 0.287. The van der Waals surface area contributed by atoms with Crippen molar-refractivity contribution < 1.29 is 12.6 Å². The van der Waals surface area contributed by atoms with Gasteiger partial charge in [-0.05, 0) is 90.9 Å². The second kappa shape index (κ2) is 4.65. The van der Waals surface area contributed by atoms with Gasteiger partial charge >= 0.3 is 0 Å². The standard InChI is InChI=1S/C16H26O3SSi/c1-7-2-9-10(3-7)12-6-11(9)15-8-4-13(16(12)15)14(5-8)21-19-20(17)18/h7-16H,2-6,21H2,1H3,(H,17,18). The van der Waals surface area contributed by atoms with E-state index in [9.17, 15) is 4.21 Å². The summed E-state index contributed by atoms with van der Waals surface area (Å²) in [6.07, 6.45) is 7.29. The lowest BCUT2D eigenvalue weighted by Crippen LogP contribution is -2.38. The van der Waals surface area contributed by atoms with Crippen molar-refractivity contribution in [2.24, 2.45) is 53.3 Å². The molecule has 4 bridgehead atoms. The molecule has 5 aliphatic carbocycles. The predicted octanol–water partition coefficient (Wildman–Crippen LogP) is 2.60. The average molecular weight is 327 g/mol. The molecule has 0 heterocycles. The topological polar surface area (TPSA) is 46.5 Å². The highest BCUT2D eigenvalue weighted by Crippen LogP contribution is 2.74. The zero-order chi connectivity index (χ0) is 14.3. The quantitative estimate of drug-likeness (QED) is 0.493. The second-order valence-electron chi connectivity index (χ2n) is 8.78. The van der Waals surface area contributed by atoms with Gasteiger partial charge in [0.15, 0.2) is 9.76 Å². The molecule has 3 nitrogen and oxygen atoms in total. The lowest BCUT2D eigenvalue weighted by Gasteiger charge is -2.43. The van der Waals surface area contributed by atoms with Gasteiger partial charge < -0.3 is 3.87 Å². The van der Waals surface area contributed by atoms with Crippen LogP contribution < -0.4 is 0 Å². The monoisotopic (exact) mass is 326 g/mol. The molecule has 5 rings (SSSR count). The highest BCUT2D eigenvalue weighted by atomic mass is 32.2. The SMILES string of the molecule is CC1CC2C(C1)C1CC2C2C3CC([SiH2]OS(=O)O)C(C3)C12. The van der Waals surface area contributed by atoms with Crippen LogP contribution in [0, 0.1) is 53.3 Å². The maximum Gasteiger partial charge on any atom is 0.290 e. The molecule has 0 spiro atoms. The van der Waals surface area contributed by atoms with Gasteiger partial charge in [-0.25, -0.2) is 0 Å². The van der Waals surface area contributed by atoms with Crippen molar-refractivity contribution in [1.82, 2.24) is 0 Å². The van der Waals surface area contributed by atoms with Crippen LogP contribution in [0.3, 0.4) is 0 Å². The third-order valence-electron chi connectivity index (χ3n) is 8.18. The molecule has 21 heavy (non-hydrogen) atoms. The Morgan fingerprint density at radius 1 is 0.952 bits per heavy atom. The lowest BCUT2D eigenvalue weighted by atomic mass is 9.64. The van der Waals surface area contributed by atoms with Gasteiger partial charge in [-0.1, -0.05) is 6.92 Å². The summed E-state index contributed by atoms with van der Waals surface area (Å²) in [6, 6.07) is 0. The van der Waals surface area contributed by atoms with E-state index in [4.69, 9.17) is 8.42 Å². The zero-order valence-corrected chi connectivity index (χ0v) is 14.9. The van der Waals surface area contributed by atoms with Crippen molar-refractivity contribution in [3.8, 4) is 0 Å². The first-order valence-electron chi connectivity index (χ1n) is 8.87. The minimum absolute atomic E-state index is 0.698. The molecule has 11 atom stereocenters. The zero-order valence-electron chi connectivity index (χ0n) is 12.7. The number of hydrogen-bond donors (Lipinski definition) is 1. The number of fused-ring (bicyclic) bond motifs is 12. The fourth-order valence-corrected chi connectivity index (χ4v) is 10.6. The van der Waals surface area contributed by atoms with Crippen molar-refractivity contribution in [3.05, 3.63) is 0 Å². The average Bonchev–Trinajstić information content (AvgIpc) is 3.16. The van der Waals surface area contributed by atoms with Crippen LogP contribution in [0.1, 0.15) is 39.0 Å². The third kappa shape index (κ3) is 1.81. The first kappa shape index (κ1) is 13.7. The van der Waals surface area contributed by atoms with Crippen LogP contribution in [-0.2, 0) is 15.2 Å². The third-order valence-corrected chi connectivity index (χ3v) is 10.9. The van der Waals surface area contributed by atoms with Gasteiger partial charge in [0, 0.05) is 0 Å². The Morgan fingerprint density at radius 2 is 1.67 bits per heavy atom. The van der Waals surface area contributed by atoms with Gasteiger partial charge in [-0.15, -0.1) is 0 Å². The molecule has 11 unspecified atom stereocenters. The Labute approximate surface area is 132 Å². The summed E-state index contributed by atoms with van der Waals surface area (Å²) in [6.45, 7) is 2.46. The molecule has 1 N–H and O–H groups in total. The summed E-state index contributed by atoms with van der Waals surface area (Å²) in [5.74, 6) is 8.98. The van der Waals surface area contributed by atoms with Gasteiger partial charge in [-0.2, -0.15) is 4.21 Å². The molecule has 5 saturated carbocycles. The molecular weight excluding hydrogens is 300 g/mol. The smallest absolute Gasteiger partial charge is 0.290 e. The van der Waals surface area contributed by atoms with Crippen molar-refractivity contribution >= 4 is 21.1 Å². The van der Waals surface area contributed by atoms with Crippen LogP contribution in [0.2, 0.25) is 5.54 Å². The maximum atomic E-state index is 10.8. The molecule has 5 heteroatoms. The van der Waals surface area contributed by atoms with Gasteiger partial charge in [0.25, 0.3) is 11.4 Å². The largest absolute Gasteiger partial charge is 0.321 e. The van der Waals surface area contributed by atoms with Crippen molar-refractivity contribution in [3.63, 3.8) is 0 Å². The van der Waals surface area contributed by atoms with Crippen LogP contribution in [0.15, 0.2) is 0 Å². The van der Waals surface area contributed by atoms with Crippen LogP contribution in [0.5, 0.6) is 0 Å². The minimum Gasteiger partial charge on any atom is -0.321 e. The first-order valence-corrected chi connectivity index (χ1v) is 11.3. The Balaban J connectivity index is 1.37. The molecule has 0 aliphatic heterocycles. The van der Waals surface area contributed by atoms with Crippen molar-refractivity contribution in [2.75, 3.05) is 0 Å². The summed E-state index contributed by atoms with van der Waals surface area (Å²) in [4.78, 5) is 0. The lowest BCUT2D eigenvalue weighted by molar-refractivity contribution is 0.0705. The summed E-state index contributed by atoms with van der Waals surface area (Å²) in [7, 11) is -0.820. The van der Waals surface area contributed by atoms with Crippen LogP contribution in [-0.4, -0.2) is 18.5 Å². The van der Waals surface area contributed by atoms with E-state index in [0.29, 0.717) is 5.54 Å². The summed E-state index contributed by atoms with van der Waals surface area (Å²) in [5, 5.41) is 0. The molecule has 0 aromatic rings. The Morgan fingerprint density at radius 3 is 2.38 bits per heavy atom. The van der Waals surface area contributed by atoms with E-state index in [1.807, 2.05) is 0 Å². The van der Waals surface area contributed by atoms with Gasteiger partial charge in [-0.3, -0.25) is 4.55 Å². The molecule has 0 aromatic carbocycles. The number of hydrogen-bond acceptors (Lipinski definition) is 2. The highest BCUT2D eigenvalue weighted by Gasteiger charge is 2.68. The normalized spacial score (nSPS) is 61.8. The predicted molar refractivity (Wildman–Crippen MR) is 84.3 cm³/mol. The molecule has 0 radical (unpaired) electrons. The molecular formula is C16H26O3SSi. The molecule has 0 amide bonds. The van der Waals surface area contributed by atoms with E-state index in [1.165, 1.54) is 32.1 Å². The molecule has 0 saturated heterocycles. The molecule has 5 aliphatic rings. The number of rotatable bonds is 3. The minimum atomic E-state index is -2.02. The van der Waals surface area contributed by atoms with E-state index in [0.717, 1.165) is 53.3 Å². The fourth-order valence-electron chi connectivity index (χ4n) is 8.07. The van der Waals surface area contributed by atoms with Gasteiger partial charge in [0.1, 0.15) is 0 Å². The van der Waals surface area contributed by atoms with Crippen LogP contribution in [0.4, 0.5) is 0 Å². The van der Waals surface area contributed by atoms with E-state index in [2.05, 4.69) is 6.92 Å². The van der Waals surface area contributed by atoms with Crippen molar-refractivity contribution in [1.29, 1.82) is 0 Å². The summed E-state index contributed by atoms with van der Waals surface area (Å²) in [5.41, 5.74) is 0.698. The Bertz CT molecular complexity index is 486. The highest BCUT2D eigenvalue weighted by molar-refractivity contribution is 7.75. The maximum absolute atomic E-state index is 10.8. The second-order valence-corrected chi connectivity index (χ2v) is 11.5. The van der Waals surface area contributed by atoms with Crippen LogP contribution >= 0.6 is 0 Å². The van der Waals surface area contributed by atoms with E-state index >= 15 is 0 Å². The summed E-state index contributed by atoms with van der Waals surface area (Å²) < 4.78 is 24.9. The van der Waals surface area contributed by atoms with Crippen LogP contribution in [0.25, 0.3) is 0 Å². The fraction of sp³-hybridized carbons (Fsp3) is 1.00. The van der Waals surface area contributed by atoms with Crippen molar-refractivity contribution in [2.45, 2.75) is 44.6 Å². The molecule has 118 valence electrons. The first-order chi connectivity index (χ1) is 10.1. The molecule has 5 fully saturated rings. The van der Waals surface area contributed by atoms with Gasteiger partial charge in [0.05, 0.1) is 0 Å².